The molecule has 0 saturated carbocycles. The average Bonchev–Trinajstić information content (AvgIpc) is 2.71. The Morgan fingerprint density at radius 3 is 3.00 bits per heavy atom. The zero-order valence-corrected chi connectivity index (χ0v) is 7.78. The normalized spacial score (nSPS) is 10.6. The first-order valence-electron chi connectivity index (χ1n) is 3.76. The molecule has 2 heterocycles. The zero-order valence-electron chi connectivity index (χ0n) is 7.03. The maximum atomic E-state index is 5.58. The Labute approximate surface area is 79.8 Å². The highest BCUT2D eigenvalue weighted by atomic mass is 35.5. The van der Waals surface area contributed by atoms with Gasteiger partial charge in [0.1, 0.15) is 5.82 Å². The Morgan fingerprint density at radius 1 is 1.62 bits per heavy atom. The Kier molecular flexibility index (Phi) is 2.02. The van der Waals surface area contributed by atoms with Crippen molar-refractivity contribution >= 4 is 11.6 Å². The van der Waals surface area contributed by atoms with Crippen molar-refractivity contribution in [3.8, 4) is 11.6 Å². The third-order valence-corrected chi connectivity index (χ3v) is 1.93. The molecular weight excluding hydrogens is 190 g/mol. The monoisotopic (exact) mass is 197 g/mol. The molecule has 6 heteroatoms. The van der Waals surface area contributed by atoms with Gasteiger partial charge in [-0.05, 0) is 0 Å². The molecule has 5 nitrogen and oxygen atoms in total. The summed E-state index contributed by atoms with van der Waals surface area (Å²) < 4.78 is 1.85. The second kappa shape index (κ2) is 3.18. The summed E-state index contributed by atoms with van der Waals surface area (Å²) in [6, 6.07) is 0. The number of H-pyrrole nitrogens is 1. The lowest BCUT2D eigenvalue weighted by Gasteiger charge is -1.93. The van der Waals surface area contributed by atoms with Crippen LogP contribution in [0.3, 0.4) is 0 Å². The van der Waals surface area contributed by atoms with E-state index in [1.54, 1.807) is 6.20 Å². The second-order valence-electron chi connectivity index (χ2n) is 2.60. The average molecular weight is 198 g/mol. The third kappa shape index (κ3) is 1.42. The SMILES string of the molecule is Cn1ccnc1-c1n[nH]c(CCl)n1. The van der Waals surface area contributed by atoms with Gasteiger partial charge in [-0.2, -0.15) is 5.10 Å². The quantitative estimate of drug-likeness (QED) is 0.730. The largest absolute Gasteiger partial charge is 0.331 e. The lowest BCUT2D eigenvalue weighted by Crippen LogP contribution is -1.92. The molecule has 0 bridgehead atoms. The summed E-state index contributed by atoms with van der Waals surface area (Å²) >= 11 is 5.58. The van der Waals surface area contributed by atoms with Gasteiger partial charge in [0.15, 0.2) is 5.82 Å². The Bertz CT molecular complexity index is 404. The van der Waals surface area contributed by atoms with E-state index >= 15 is 0 Å². The van der Waals surface area contributed by atoms with E-state index in [0.29, 0.717) is 17.5 Å². The lowest BCUT2D eigenvalue weighted by molar-refractivity contribution is 0.907. The number of aromatic amines is 1. The van der Waals surface area contributed by atoms with Gasteiger partial charge in [-0.1, -0.05) is 0 Å². The first kappa shape index (κ1) is 8.25. The molecule has 0 amide bonds. The van der Waals surface area contributed by atoms with Gasteiger partial charge in [-0.15, -0.1) is 11.6 Å². The van der Waals surface area contributed by atoms with Crippen LogP contribution < -0.4 is 0 Å². The predicted octanol–water partition coefficient (Wildman–Crippen LogP) is 0.944. The number of halogens is 1. The fraction of sp³-hybridized carbons (Fsp3) is 0.286. The molecule has 1 N–H and O–H groups in total. The highest BCUT2D eigenvalue weighted by Crippen LogP contribution is 2.10. The van der Waals surface area contributed by atoms with Crippen LogP contribution in [0.1, 0.15) is 5.82 Å². The number of aromatic nitrogens is 5. The summed E-state index contributed by atoms with van der Waals surface area (Å²) in [7, 11) is 1.89. The highest BCUT2D eigenvalue weighted by molar-refractivity contribution is 6.16. The molecule has 0 unspecified atom stereocenters. The second-order valence-corrected chi connectivity index (χ2v) is 2.87. The van der Waals surface area contributed by atoms with E-state index in [2.05, 4.69) is 20.2 Å². The highest BCUT2D eigenvalue weighted by Gasteiger charge is 2.08. The standard InChI is InChI=1S/C7H8ClN5/c1-13-3-2-9-7(13)6-10-5(4-8)11-12-6/h2-3H,4H2,1H3,(H,10,11,12). The topological polar surface area (TPSA) is 59.4 Å². The molecule has 0 radical (unpaired) electrons. The number of hydrogen-bond acceptors (Lipinski definition) is 3. The maximum Gasteiger partial charge on any atom is 0.217 e. The van der Waals surface area contributed by atoms with Crippen molar-refractivity contribution in [1.82, 2.24) is 24.7 Å². The number of imidazole rings is 1. The number of aryl methyl sites for hydroxylation is 1. The van der Waals surface area contributed by atoms with Crippen LogP contribution in [0.2, 0.25) is 0 Å². The van der Waals surface area contributed by atoms with E-state index in [9.17, 15) is 0 Å². The molecule has 68 valence electrons. The van der Waals surface area contributed by atoms with Crippen molar-refractivity contribution in [2.24, 2.45) is 7.05 Å². The van der Waals surface area contributed by atoms with Crippen molar-refractivity contribution in [2.45, 2.75) is 5.88 Å². The number of rotatable bonds is 2. The lowest BCUT2D eigenvalue weighted by atomic mass is 10.5. The molecule has 0 aliphatic heterocycles. The molecule has 13 heavy (non-hydrogen) atoms. The van der Waals surface area contributed by atoms with E-state index in [0.717, 1.165) is 5.82 Å². The molecule has 2 rings (SSSR count). The van der Waals surface area contributed by atoms with Gasteiger partial charge in [0.25, 0.3) is 0 Å². The van der Waals surface area contributed by atoms with Crippen LogP contribution in [-0.2, 0) is 12.9 Å². The molecule has 0 aliphatic carbocycles. The van der Waals surface area contributed by atoms with Gasteiger partial charge in [-0.3, -0.25) is 5.10 Å². The molecule has 0 aliphatic rings. The molecule has 0 fully saturated rings. The summed E-state index contributed by atoms with van der Waals surface area (Å²) in [5.41, 5.74) is 0. The Morgan fingerprint density at radius 2 is 2.46 bits per heavy atom. The molecule has 2 aromatic heterocycles. The van der Waals surface area contributed by atoms with Crippen molar-refractivity contribution in [3.05, 3.63) is 18.2 Å². The van der Waals surface area contributed by atoms with Gasteiger partial charge in [0, 0.05) is 19.4 Å². The van der Waals surface area contributed by atoms with Gasteiger partial charge in [0.05, 0.1) is 5.88 Å². The summed E-state index contributed by atoms with van der Waals surface area (Å²) in [4.78, 5) is 8.26. The zero-order chi connectivity index (χ0) is 9.26. The van der Waals surface area contributed by atoms with Gasteiger partial charge < -0.3 is 4.57 Å². The summed E-state index contributed by atoms with van der Waals surface area (Å²) in [5, 5.41) is 6.71. The number of nitrogens with one attached hydrogen (secondary N) is 1. The van der Waals surface area contributed by atoms with E-state index in [1.165, 1.54) is 0 Å². The predicted molar refractivity (Wildman–Crippen MR) is 48.1 cm³/mol. The van der Waals surface area contributed by atoms with Gasteiger partial charge in [0.2, 0.25) is 5.82 Å². The smallest absolute Gasteiger partial charge is 0.217 e. The van der Waals surface area contributed by atoms with Crippen LogP contribution in [0.25, 0.3) is 11.6 Å². The van der Waals surface area contributed by atoms with Crippen LogP contribution in [-0.4, -0.2) is 24.7 Å². The number of nitrogens with zero attached hydrogens (tertiary/aromatic N) is 4. The van der Waals surface area contributed by atoms with Crippen molar-refractivity contribution in [3.63, 3.8) is 0 Å². The molecule has 2 aromatic rings. The fourth-order valence-corrected chi connectivity index (χ4v) is 1.16. The van der Waals surface area contributed by atoms with E-state index in [1.807, 2.05) is 17.8 Å². The minimum atomic E-state index is 0.331. The van der Waals surface area contributed by atoms with Crippen molar-refractivity contribution in [1.29, 1.82) is 0 Å². The fourth-order valence-electron chi connectivity index (χ4n) is 1.04. The van der Waals surface area contributed by atoms with Crippen molar-refractivity contribution < 1.29 is 0 Å². The molecule has 0 spiro atoms. The van der Waals surface area contributed by atoms with Crippen LogP contribution in [0, 0.1) is 0 Å². The van der Waals surface area contributed by atoms with E-state index < -0.39 is 0 Å². The number of alkyl halides is 1. The first-order chi connectivity index (χ1) is 6.31. The van der Waals surface area contributed by atoms with Crippen LogP contribution in [0.4, 0.5) is 0 Å². The minimum absolute atomic E-state index is 0.331. The Hall–Kier alpha value is -1.36. The Balaban J connectivity index is 2.41. The van der Waals surface area contributed by atoms with E-state index in [4.69, 9.17) is 11.6 Å². The van der Waals surface area contributed by atoms with Crippen LogP contribution in [0.15, 0.2) is 12.4 Å². The van der Waals surface area contributed by atoms with Gasteiger partial charge >= 0.3 is 0 Å². The summed E-state index contributed by atoms with van der Waals surface area (Å²) in [6.07, 6.45) is 3.54. The van der Waals surface area contributed by atoms with Crippen LogP contribution in [0.5, 0.6) is 0 Å². The summed E-state index contributed by atoms with van der Waals surface area (Å²) in [6.45, 7) is 0. The third-order valence-electron chi connectivity index (χ3n) is 1.68. The summed E-state index contributed by atoms with van der Waals surface area (Å²) in [5.74, 6) is 2.28. The van der Waals surface area contributed by atoms with Crippen LogP contribution >= 0.6 is 11.6 Å². The molecular formula is C7H8ClN5. The molecule has 0 atom stereocenters. The number of hydrogen-bond donors (Lipinski definition) is 1. The maximum absolute atomic E-state index is 5.58. The van der Waals surface area contributed by atoms with Gasteiger partial charge in [-0.25, -0.2) is 9.97 Å². The van der Waals surface area contributed by atoms with E-state index in [-0.39, 0.29) is 0 Å². The first-order valence-corrected chi connectivity index (χ1v) is 4.29. The molecule has 0 aromatic carbocycles. The molecule has 0 saturated heterocycles. The van der Waals surface area contributed by atoms with Crippen molar-refractivity contribution in [2.75, 3.05) is 0 Å². The minimum Gasteiger partial charge on any atom is -0.331 e.